The van der Waals surface area contributed by atoms with Crippen LogP contribution in [0.1, 0.15) is 76.5 Å². The van der Waals surface area contributed by atoms with Crippen LogP contribution in [0.5, 0.6) is 0 Å². The first-order valence-electron chi connectivity index (χ1n) is 20.5. The maximum absolute atomic E-state index is 13.6. The second kappa shape index (κ2) is 15.1. The second-order valence-corrected chi connectivity index (χ2v) is 17.1. The van der Waals surface area contributed by atoms with Crippen molar-refractivity contribution < 1.29 is 24.0 Å². The average Bonchev–Trinajstić information content (AvgIpc) is 3.70. The Balaban J connectivity index is 0.744. The molecule has 9 rings (SSSR count). The molecule has 1 spiro atoms. The molecule has 3 aromatic rings. The molecule has 3 aromatic carbocycles. The lowest BCUT2D eigenvalue weighted by Crippen LogP contribution is -2.63. The summed E-state index contributed by atoms with van der Waals surface area (Å²) in [6, 6.07) is 19.0. The molecule has 0 saturated carbocycles. The molecule has 5 fully saturated rings. The SMILES string of the molecule is [C-]#[N+]c1ccc(N2CC3(CCN(c4ccc(C(=O)N5CCN(C6CN(c7ccc8c(c7)C(=O)N(C7CCC(=O)NC7=O)C8=O)C6)CC5)cc4)CC3)C[C@@H]2CC)cc1Cl. The van der Waals surface area contributed by atoms with E-state index in [1.54, 1.807) is 12.1 Å². The Hall–Kier alpha value is -5.45. The molecular weight excluding hydrogens is 756 g/mol. The van der Waals surface area contributed by atoms with E-state index in [4.69, 9.17) is 18.2 Å². The van der Waals surface area contributed by atoms with Crippen molar-refractivity contribution in [3.05, 3.63) is 93.8 Å². The van der Waals surface area contributed by atoms with Gasteiger partial charge in [-0.15, -0.1) is 0 Å². The third kappa shape index (κ3) is 6.75. The van der Waals surface area contributed by atoms with Crippen molar-refractivity contribution in [1.29, 1.82) is 0 Å². The number of amides is 5. The number of halogens is 1. The second-order valence-electron chi connectivity index (χ2n) is 16.7. The van der Waals surface area contributed by atoms with Crippen molar-refractivity contribution in [2.75, 3.05) is 73.6 Å². The highest BCUT2D eigenvalue weighted by molar-refractivity contribution is 6.33. The van der Waals surface area contributed by atoms with E-state index >= 15 is 0 Å². The van der Waals surface area contributed by atoms with Gasteiger partial charge in [0.1, 0.15) is 6.04 Å². The molecule has 14 heteroatoms. The number of anilines is 3. The normalized spacial score (nSPS) is 23.6. The third-order valence-corrected chi connectivity index (χ3v) is 13.8. The first-order chi connectivity index (χ1) is 28.0. The number of rotatable bonds is 7. The predicted molar refractivity (Wildman–Crippen MR) is 221 cm³/mol. The fraction of sp³-hybridized carbons (Fsp3) is 0.455. The van der Waals surface area contributed by atoms with Crippen molar-refractivity contribution in [1.82, 2.24) is 20.0 Å². The van der Waals surface area contributed by atoms with Crippen LogP contribution in [-0.2, 0) is 9.59 Å². The third-order valence-electron chi connectivity index (χ3n) is 13.5. The van der Waals surface area contributed by atoms with Gasteiger partial charge in [0.2, 0.25) is 17.5 Å². The number of piperidine rings is 2. The monoisotopic (exact) mass is 802 g/mol. The van der Waals surface area contributed by atoms with Gasteiger partial charge in [-0.2, -0.15) is 0 Å². The molecule has 1 N–H and O–H groups in total. The van der Waals surface area contributed by atoms with Crippen LogP contribution < -0.4 is 20.0 Å². The summed E-state index contributed by atoms with van der Waals surface area (Å²) in [4.78, 5) is 80.0. The topological polar surface area (TPSA) is 121 Å². The van der Waals surface area contributed by atoms with Crippen LogP contribution in [0, 0.1) is 12.0 Å². The van der Waals surface area contributed by atoms with Gasteiger partial charge >= 0.3 is 0 Å². The van der Waals surface area contributed by atoms with E-state index in [1.165, 1.54) is 0 Å². The largest absolute Gasteiger partial charge is 0.371 e. The van der Waals surface area contributed by atoms with Crippen molar-refractivity contribution in [2.45, 2.75) is 63.6 Å². The minimum atomic E-state index is -0.983. The zero-order valence-electron chi connectivity index (χ0n) is 32.7. The standard InChI is InChI=1S/C44H47ClN8O5/c1-3-29-24-44(27-52(29)32-9-11-37(46-2)36(45)23-32)14-16-48(17-15-44)30-6-4-28(5-7-30)41(56)50-20-18-49(19-21-50)33-25-51(26-33)31-8-10-34-35(22-31)43(58)53(42(34)57)38-12-13-39(54)47-40(38)55/h4-11,22-23,29,33,38H,3,12-21,24-27H2,1H3,(H,47,54,55)/t29-,38?/m0/s1. The van der Waals surface area contributed by atoms with Gasteiger partial charge in [0.15, 0.2) is 0 Å². The minimum absolute atomic E-state index is 0.0592. The van der Waals surface area contributed by atoms with Gasteiger partial charge in [0.25, 0.3) is 17.7 Å². The molecular formula is C44H47ClN8O5. The highest BCUT2D eigenvalue weighted by atomic mass is 35.5. The molecule has 6 aliphatic rings. The number of carbonyl (C=O) groups is 5. The summed E-state index contributed by atoms with van der Waals surface area (Å²) < 4.78 is 0. The van der Waals surface area contributed by atoms with E-state index in [9.17, 15) is 24.0 Å². The summed E-state index contributed by atoms with van der Waals surface area (Å²) >= 11 is 6.42. The van der Waals surface area contributed by atoms with Gasteiger partial charge in [-0.1, -0.05) is 24.6 Å². The quantitative estimate of drug-likeness (QED) is 0.254. The van der Waals surface area contributed by atoms with Gasteiger partial charge in [-0.3, -0.25) is 39.1 Å². The molecule has 58 heavy (non-hydrogen) atoms. The van der Waals surface area contributed by atoms with Gasteiger partial charge in [-0.25, -0.2) is 4.85 Å². The Morgan fingerprint density at radius 1 is 0.845 bits per heavy atom. The smallest absolute Gasteiger partial charge is 0.262 e. The summed E-state index contributed by atoms with van der Waals surface area (Å²) in [5.41, 5.74) is 5.14. The number of nitrogens with zero attached hydrogens (tertiary/aromatic N) is 7. The van der Waals surface area contributed by atoms with Crippen LogP contribution in [-0.4, -0.2) is 121 Å². The van der Waals surface area contributed by atoms with E-state index in [1.807, 2.05) is 41.3 Å². The number of piperazine rings is 1. The van der Waals surface area contributed by atoms with Gasteiger partial charge in [0, 0.05) is 105 Å². The van der Waals surface area contributed by atoms with Gasteiger partial charge in [0.05, 0.1) is 17.7 Å². The van der Waals surface area contributed by atoms with Crippen molar-refractivity contribution in [3.63, 3.8) is 0 Å². The lowest BCUT2D eigenvalue weighted by Gasteiger charge is -2.49. The molecule has 1 unspecified atom stereocenters. The van der Waals surface area contributed by atoms with Crippen molar-refractivity contribution in [3.8, 4) is 0 Å². The Bertz CT molecular complexity index is 2220. The molecule has 13 nitrogen and oxygen atoms in total. The van der Waals surface area contributed by atoms with Crippen LogP contribution in [0.25, 0.3) is 4.85 Å². The Morgan fingerprint density at radius 2 is 1.53 bits per heavy atom. The van der Waals surface area contributed by atoms with Gasteiger partial charge in [-0.05, 0) is 92.1 Å². The molecule has 300 valence electrons. The number of imide groups is 2. The Kier molecular flexibility index (Phi) is 9.88. The number of fused-ring (bicyclic) bond motifs is 1. The fourth-order valence-electron chi connectivity index (χ4n) is 10.0. The first kappa shape index (κ1) is 38.1. The Morgan fingerprint density at radius 3 is 2.21 bits per heavy atom. The molecule has 6 heterocycles. The predicted octanol–water partition coefficient (Wildman–Crippen LogP) is 5.21. The van der Waals surface area contributed by atoms with Crippen molar-refractivity contribution in [2.24, 2.45) is 5.41 Å². The minimum Gasteiger partial charge on any atom is -0.371 e. The maximum atomic E-state index is 13.6. The lowest BCUT2D eigenvalue weighted by atomic mass is 9.76. The van der Waals surface area contributed by atoms with Crippen LogP contribution in [0.3, 0.4) is 0 Å². The molecule has 2 atom stereocenters. The number of carbonyl (C=O) groups excluding carboxylic acids is 5. The highest BCUT2D eigenvalue weighted by Gasteiger charge is 2.47. The molecule has 5 saturated heterocycles. The summed E-state index contributed by atoms with van der Waals surface area (Å²) in [5, 5.41) is 2.75. The van der Waals surface area contributed by atoms with Crippen LogP contribution >= 0.6 is 11.6 Å². The van der Waals surface area contributed by atoms with E-state index in [2.05, 4.69) is 48.8 Å². The summed E-state index contributed by atoms with van der Waals surface area (Å²) in [6.45, 7) is 17.0. The van der Waals surface area contributed by atoms with Crippen LogP contribution in [0.2, 0.25) is 5.02 Å². The van der Waals surface area contributed by atoms with E-state index in [0.717, 1.165) is 93.5 Å². The first-order valence-corrected chi connectivity index (χ1v) is 20.8. The molecule has 0 aliphatic carbocycles. The summed E-state index contributed by atoms with van der Waals surface area (Å²) in [6.07, 6.45) is 4.66. The number of hydrogen-bond acceptors (Lipinski definition) is 9. The molecule has 5 amide bonds. The van der Waals surface area contributed by atoms with Crippen molar-refractivity contribution >= 4 is 63.9 Å². The zero-order valence-corrected chi connectivity index (χ0v) is 33.4. The number of benzene rings is 3. The number of hydrogen-bond donors (Lipinski definition) is 1. The molecule has 0 aromatic heterocycles. The summed E-state index contributed by atoms with van der Waals surface area (Å²) in [7, 11) is 0. The zero-order chi connectivity index (χ0) is 40.3. The molecule has 0 radical (unpaired) electrons. The Labute approximate surface area is 343 Å². The molecule has 6 aliphatic heterocycles. The number of nitrogens with one attached hydrogen (secondary N) is 1. The fourth-order valence-corrected chi connectivity index (χ4v) is 10.3. The van der Waals surface area contributed by atoms with E-state index < -0.39 is 29.7 Å². The maximum Gasteiger partial charge on any atom is 0.262 e. The van der Waals surface area contributed by atoms with Gasteiger partial charge < -0.3 is 19.6 Å². The molecule has 0 bridgehead atoms. The van der Waals surface area contributed by atoms with Crippen LogP contribution in [0.4, 0.5) is 22.7 Å². The average molecular weight is 803 g/mol. The lowest BCUT2D eigenvalue weighted by molar-refractivity contribution is -0.136. The van der Waals surface area contributed by atoms with E-state index in [-0.39, 0.29) is 35.3 Å². The van der Waals surface area contributed by atoms with E-state index in [0.29, 0.717) is 41.4 Å². The summed E-state index contributed by atoms with van der Waals surface area (Å²) in [5.74, 6) is -1.96. The highest BCUT2D eigenvalue weighted by Crippen LogP contribution is 2.47. The van der Waals surface area contributed by atoms with Crippen LogP contribution in [0.15, 0.2) is 60.7 Å².